The van der Waals surface area contributed by atoms with E-state index in [-0.39, 0.29) is 5.41 Å². The summed E-state index contributed by atoms with van der Waals surface area (Å²) in [6.45, 7) is 4.81. The molecule has 0 heterocycles. The smallest absolute Gasteiger partial charge is 0.0461 e. The van der Waals surface area contributed by atoms with Crippen molar-refractivity contribution in [3.63, 3.8) is 0 Å². The Labute approximate surface area is 272 Å². The molecule has 2 aliphatic carbocycles. The van der Waals surface area contributed by atoms with Gasteiger partial charge in [-0.05, 0) is 87.3 Å². The number of rotatable bonds is 6. The summed E-state index contributed by atoms with van der Waals surface area (Å²) in [7, 11) is 0. The molecule has 0 N–H and O–H groups in total. The maximum atomic E-state index is 2.48. The van der Waals surface area contributed by atoms with Crippen molar-refractivity contribution in [3.05, 3.63) is 192 Å². The van der Waals surface area contributed by atoms with Crippen molar-refractivity contribution in [1.82, 2.24) is 0 Å². The average Bonchev–Trinajstić information content (AvgIpc) is 3.35. The largest absolute Gasteiger partial charge is 0.311 e. The van der Waals surface area contributed by atoms with Crippen LogP contribution in [0.4, 0.5) is 11.4 Å². The number of fused-ring (bicyclic) bond motifs is 3. The van der Waals surface area contributed by atoms with Gasteiger partial charge >= 0.3 is 0 Å². The Bertz CT molecular complexity index is 1970. The van der Waals surface area contributed by atoms with Gasteiger partial charge < -0.3 is 4.90 Å². The second-order valence-corrected chi connectivity index (χ2v) is 13.0. The zero-order chi connectivity index (χ0) is 31.1. The predicted molar refractivity (Wildman–Crippen MR) is 194 cm³/mol. The van der Waals surface area contributed by atoms with Gasteiger partial charge in [0.25, 0.3) is 0 Å². The zero-order valence-corrected chi connectivity index (χ0v) is 26.4. The summed E-state index contributed by atoms with van der Waals surface area (Å²) in [6.07, 6.45) is 5.91. The van der Waals surface area contributed by atoms with Crippen LogP contribution in [0.3, 0.4) is 0 Å². The zero-order valence-electron chi connectivity index (χ0n) is 26.4. The molecule has 1 nitrogen and oxygen atoms in total. The predicted octanol–water partition coefficient (Wildman–Crippen LogP) is 12.1. The number of anilines is 2. The van der Waals surface area contributed by atoms with Crippen molar-refractivity contribution in [3.8, 4) is 33.4 Å². The second kappa shape index (κ2) is 11.5. The second-order valence-electron chi connectivity index (χ2n) is 13.0. The van der Waals surface area contributed by atoms with E-state index in [1.165, 1.54) is 55.8 Å². The lowest BCUT2D eigenvalue weighted by atomic mass is 9.78. The lowest BCUT2D eigenvalue weighted by Gasteiger charge is -2.33. The van der Waals surface area contributed by atoms with Crippen LogP contribution >= 0.6 is 0 Å². The monoisotopic (exact) mass is 591 g/mol. The highest BCUT2D eigenvalue weighted by Gasteiger charge is 2.42. The Kier molecular flexibility index (Phi) is 7.03. The Morgan fingerprint density at radius 1 is 0.500 bits per heavy atom. The van der Waals surface area contributed by atoms with Gasteiger partial charge in [0, 0.05) is 28.4 Å². The molecule has 6 aromatic rings. The molecule has 0 saturated carbocycles. The Morgan fingerprint density at radius 3 is 1.43 bits per heavy atom. The van der Waals surface area contributed by atoms with Crippen molar-refractivity contribution >= 4 is 11.4 Å². The molecule has 0 bridgehead atoms. The van der Waals surface area contributed by atoms with Crippen molar-refractivity contribution in [2.75, 3.05) is 4.90 Å². The third-order valence-electron chi connectivity index (χ3n) is 9.90. The molecule has 0 aromatic heterocycles. The van der Waals surface area contributed by atoms with Crippen LogP contribution in [-0.4, -0.2) is 0 Å². The van der Waals surface area contributed by atoms with Crippen LogP contribution in [-0.2, 0) is 5.41 Å². The number of hydrogen-bond acceptors (Lipinski definition) is 1. The van der Waals surface area contributed by atoms with Crippen LogP contribution in [0.1, 0.15) is 37.3 Å². The molecule has 8 rings (SSSR count). The normalized spacial score (nSPS) is 16.2. The molecular weight excluding hydrogens is 555 g/mol. The molecule has 222 valence electrons. The first-order valence-electron chi connectivity index (χ1n) is 16.3. The molecule has 0 fully saturated rings. The fraction of sp³-hybridized carbons (Fsp3) is 0.111. The highest BCUT2D eigenvalue weighted by Crippen LogP contribution is 2.55. The van der Waals surface area contributed by atoms with E-state index < -0.39 is 0 Å². The van der Waals surface area contributed by atoms with Crippen LogP contribution in [0.15, 0.2) is 181 Å². The third-order valence-corrected chi connectivity index (χ3v) is 9.90. The summed E-state index contributed by atoms with van der Waals surface area (Å²) in [5.41, 5.74) is 15.4. The molecule has 1 unspecified atom stereocenters. The lowest BCUT2D eigenvalue weighted by Crippen LogP contribution is -2.22. The maximum Gasteiger partial charge on any atom is 0.0461 e. The first-order valence-corrected chi connectivity index (χ1v) is 16.3. The number of benzene rings is 6. The summed E-state index contributed by atoms with van der Waals surface area (Å²) in [5.74, 6) is 0.404. The van der Waals surface area contributed by atoms with E-state index in [9.17, 15) is 0 Å². The van der Waals surface area contributed by atoms with Gasteiger partial charge in [-0.25, -0.2) is 0 Å². The molecule has 2 aliphatic rings. The van der Waals surface area contributed by atoms with E-state index >= 15 is 0 Å². The lowest BCUT2D eigenvalue weighted by molar-refractivity contribution is 0.609. The van der Waals surface area contributed by atoms with Crippen molar-refractivity contribution in [2.45, 2.75) is 31.6 Å². The van der Waals surface area contributed by atoms with Crippen molar-refractivity contribution in [2.24, 2.45) is 0 Å². The third kappa shape index (κ3) is 4.99. The van der Waals surface area contributed by atoms with E-state index in [2.05, 4.69) is 189 Å². The van der Waals surface area contributed by atoms with Gasteiger partial charge in [0.15, 0.2) is 0 Å². The van der Waals surface area contributed by atoms with Gasteiger partial charge in [-0.3, -0.25) is 0 Å². The summed E-state index contributed by atoms with van der Waals surface area (Å²) in [4.78, 5) is 2.43. The molecule has 0 aliphatic heterocycles. The molecule has 1 heteroatoms. The van der Waals surface area contributed by atoms with Crippen LogP contribution in [0.5, 0.6) is 0 Å². The fourth-order valence-electron chi connectivity index (χ4n) is 7.43. The van der Waals surface area contributed by atoms with Crippen LogP contribution in [0.25, 0.3) is 33.4 Å². The quantitative estimate of drug-likeness (QED) is 0.186. The minimum atomic E-state index is -0.0652. The SMILES string of the molecule is CC1(C)C2=CC(N(c3ccc(-c4ccccc4)cc3)c3ccc(-c4ccccc4)cc3)=CCC2c2ccc(-c3ccccc3)cc21. The summed E-state index contributed by atoms with van der Waals surface area (Å²) < 4.78 is 0. The topological polar surface area (TPSA) is 3.24 Å². The minimum absolute atomic E-state index is 0.0652. The van der Waals surface area contributed by atoms with Crippen molar-refractivity contribution in [1.29, 1.82) is 0 Å². The first kappa shape index (κ1) is 28.1. The van der Waals surface area contributed by atoms with Crippen molar-refractivity contribution < 1.29 is 0 Å². The summed E-state index contributed by atoms with van der Waals surface area (Å²) >= 11 is 0. The fourth-order valence-corrected chi connectivity index (χ4v) is 7.43. The molecular formula is C45H37N. The van der Waals surface area contributed by atoms with Crippen LogP contribution in [0.2, 0.25) is 0 Å². The van der Waals surface area contributed by atoms with Crippen LogP contribution < -0.4 is 4.90 Å². The molecule has 6 aromatic carbocycles. The van der Waals surface area contributed by atoms with Gasteiger partial charge in [-0.1, -0.05) is 153 Å². The first-order chi connectivity index (χ1) is 22.6. The Balaban J connectivity index is 1.19. The van der Waals surface area contributed by atoms with Gasteiger partial charge in [0.2, 0.25) is 0 Å². The van der Waals surface area contributed by atoms with E-state index in [1.807, 2.05) is 0 Å². The van der Waals surface area contributed by atoms with E-state index in [0.717, 1.165) is 17.8 Å². The Hall–Kier alpha value is -5.40. The average molecular weight is 592 g/mol. The van der Waals surface area contributed by atoms with Gasteiger partial charge in [0.05, 0.1) is 0 Å². The number of allylic oxidation sites excluding steroid dienone is 3. The Morgan fingerprint density at radius 2 is 0.935 bits per heavy atom. The molecule has 0 spiro atoms. The molecule has 0 amide bonds. The van der Waals surface area contributed by atoms with Crippen LogP contribution in [0, 0.1) is 0 Å². The standard InChI is InChI=1S/C45H37N/c1-45(2)43-30-37(34-16-10-5-11-17-34)22-28-41(43)42-29-27-40(31-44(42)45)46(38-23-18-35(19-24-38)32-12-6-3-7-13-32)39-25-20-36(21-26-39)33-14-8-4-9-15-33/h3-28,30-31,42H,29H2,1-2H3. The summed E-state index contributed by atoms with van der Waals surface area (Å²) in [5, 5.41) is 0. The van der Waals surface area contributed by atoms with E-state index in [1.54, 1.807) is 0 Å². The van der Waals surface area contributed by atoms with Gasteiger partial charge in [-0.2, -0.15) is 0 Å². The summed E-state index contributed by atoms with van der Waals surface area (Å²) in [6, 6.07) is 57.1. The highest BCUT2D eigenvalue weighted by atomic mass is 15.1. The number of nitrogens with zero attached hydrogens (tertiary/aromatic N) is 1. The maximum absolute atomic E-state index is 2.48. The molecule has 46 heavy (non-hydrogen) atoms. The van der Waals surface area contributed by atoms with Gasteiger partial charge in [0.1, 0.15) is 0 Å². The van der Waals surface area contributed by atoms with E-state index in [4.69, 9.17) is 0 Å². The molecule has 1 atom stereocenters. The van der Waals surface area contributed by atoms with Gasteiger partial charge in [-0.15, -0.1) is 0 Å². The molecule has 0 radical (unpaired) electrons. The number of hydrogen-bond donors (Lipinski definition) is 0. The molecule has 0 saturated heterocycles. The minimum Gasteiger partial charge on any atom is -0.311 e. The van der Waals surface area contributed by atoms with E-state index in [0.29, 0.717) is 5.92 Å². The highest BCUT2D eigenvalue weighted by molar-refractivity contribution is 5.77.